The Balaban J connectivity index is 1.19. The molecule has 1 aliphatic carbocycles. The molecule has 10 nitrogen and oxygen atoms in total. The molecule has 12 heteroatoms. The van der Waals surface area contributed by atoms with E-state index in [1.165, 1.54) is 17.1 Å². The van der Waals surface area contributed by atoms with E-state index < -0.39 is 17.4 Å². The van der Waals surface area contributed by atoms with Gasteiger partial charge in [0.1, 0.15) is 11.2 Å². The van der Waals surface area contributed by atoms with Gasteiger partial charge in [0, 0.05) is 35.4 Å². The van der Waals surface area contributed by atoms with Crippen molar-refractivity contribution in [1.29, 1.82) is 0 Å². The van der Waals surface area contributed by atoms with E-state index in [0.29, 0.717) is 29.4 Å². The van der Waals surface area contributed by atoms with Gasteiger partial charge in [0.05, 0.1) is 17.6 Å². The Hall–Kier alpha value is -4.64. The molecule has 39 heavy (non-hydrogen) atoms. The molecule has 2 amide bonds. The third-order valence-corrected chi connectivity index (χ3v) is 7.09. The summed E-state index contributed by atoms with van der Waals surface area (Å²) in [6.45, 7) is 0.270. The van der Waals surface area contributed by atoms with Gasteiger partial charge in [0.15, 0.2) is 0 Å². The molecule has 0 spiro atoms. The van der Waals surface area contributed by atoms with E-state index in [9.17, 15) is 14.0 Å². The van der Waals surface area contributed by atoms with E-state index >= 15 is 0 Å². The molecule has 6 rings (SSSR count). The van der Waals surface area contributed by atoms with Crippen molar-refractivity contribution in [3.63, 3.8) is 0 Å². The molecule has 3 aromatic heterocycles. The van der Waals surface area contributed by atoms with Crippen LogP contribution in [0.4, 0.5) is 4.39 Å². The lowest BCUT2D eigenvalue weighted by Gasteiger charge is -2.17. The number of para-hydroxylation sites is 1. The number of aryl methyl sites for hydroxylation is 1. The standard InChI is InChI=1S/C27H22ClFN8O2/c1-36-34-24(33-35-36)23-22(28)19-4-2-3-5-20(19)37(23)18-8-6-16(7-9-18)15-31-26(39)27(11-12-27)32-25(38)17-10-13-30-21(29)14-17/h2-10,13-14H,11-12,15H2,1H3,(H,31,39)(H,32,38). The molecular weight excluding hydrogens is 523 g/mol. The molecule has 1 aliphatic rings. The molecule has 2 aromatic carbocycles. The van der Waals surface area contributed by atoms with Gasteiger partial charge in [-0.1, -0.05) is 41.9 Å². The Labute approximate surface area is 226 Å². The minimum Gasteiger partial charge on any atom is -0.350 e. The summed E-state index contributed by atoms with van der Waals surface area (Å²) in [5.41, 5.74) is 2.36. The summed E-state index contributed by atoms with van der Waals surface area (Å²) in [5.74, 6) is -1.15. The number of nitrogens with zero attached hydrogens (tertiary/aromatic N) is 6. The Morgan fingerprint density at radius 2 is 1.87 bits per heavy atom. The fourth-order valence-electron chi connectivity index (χ4n) is 4.53. The predicted octanol–water partition coefficient (Wildman–Crippen LogP) is 3.59. The van der Waals surface area contributed by atoms with Gasteiger partial charge >= 0.3 is 0 Å². The molecule has 1 fully saturated rings. The van der Waals surface area contributed by atoms with E-state index in [2.05, 4.69) is 31.0 Å². The van der Waals surface area contributed by atoms with E-state index in [4.69, 9.17) is 11.6 Å². The number of hydrogen-bond donors (Lipinski definition) is 2. The molecular formula is C27H22ClFN8O2. The van der Waals surface area contributed by atoms with Crippen molar-refractivity contribution in [2.24, 2.45) is 7.05 Å². The zero-order valence-corrected chi connectivity index (χ0v) is 21.5. The average Bonchev–Trinajstić information content (AvgIpc) is 3.51. The van der Waals surface area contributed by atoms with Crippen molar-refractivity contribution >= 4 is 34.3 Å². The summed E-state index contributed by atoms with van der Waals surface area (Å²) in [4.78, 5) is 30.3. The maximum atomic E-state index is 13.4. The first-order valence-electron chi connectivity index (χ1n) is 12.2. The van der Waals surface area contributed by atoms with Crippen molar-refractivity contribution in [2.45, 2.75) is 24.9 Å². The Bertz CT molecular complexity index is 1730. The number of tetrazole rings is 1. The van der Waals surface area contributed by atoms with Crippen LogP contribution in [0.15, 0.2) is 66.9 Å². The summed E-state index contributed by atoms with van der Waals surface area (Å²) in [7, 11) is 1.69. The van der Waals surface area contributed by atoms with Crippen LogP contribution in [0.3, 0.4) is 0 Å². The Morgan fingerprint density at radius 3 is 2.56 bits per heavy atom. The van der Waals surface area contributed by atoms with Crippen molar-refractivity contribution in [2.75, 3.05) is 0 Å². The fourth-order valence-corrected chi connectivity index (χ4v) is 4.86. The SMILES string of the molecule is Cn1nnc(-c2c(Cl)c3ccccc3n2-c2ccc(CNC(=O)C3(NC(=O)c4ccnc(F)c4)CC3)cc2)n1. The number of aromatic nitrogens is 6. The zero-order valence-electron chi connectivity index (χ0n) is 20.7. The average molecular weight is 545 g/mol. The topological polar surface area (TPSA) is 120 Å². The normalized spacial score (nSPS) is 13.8. The number of rotatable bonds is 7. The second-order valence-corrected chi connectivity index (χ2v) is 9.75. The summed E-state index contributed by atoms with van der Waals surface area (Å²) >= 11 is 6.77. The first-order valence-corrected chi connectivity index (χ1v) is 12.6. The van der Waals surface area contributed by atoms with Crippen molar-refractivity contribution in [3.8, 4) is 17.2 Å². The monoisotopic (exact) mass is 544 g/mol. The summed E-state index contributed by atoms with van der Waals surface area (Å²) in [6, 6.07) is 17.9. The number of pyridine rings is 1. The fraction of sp³-hybridized carbons (Fsp3) is 0.185. The molecule has 5 aromatic rings. The largest absolute Gasteiger partial charge is 0.350 e. The minimum atomic E-state index is -0.990. The number of hydrogen-bond acceptors (Lipinski definition) is 6. The number of benzene rings is 2. The Kier molecular flexibility index (Phi) is 6.07. The Morgan fingerprint density at radius 1 is 1.10 bits per heavy atom. The molecule has 0 atom stereocenters. The highest BCUT2D eigenvalue weighted by Crippen LogP contribution is 2.38. The third-order valence-electron chi connectivity index (χ3n) is 6.71. The molecule has 1 saturated carbocycles. The van der Waals surface area contributed by atoms with E-state index in [-0.39, 0.29) is 18.0 Å². The highest BCUT2D eigenvalue weighted by atomic mass is 35.5. The van der Waals surface area contributed by atoms with Crippen molar-refractivity contribution in [1.82, 2.24) is 40.4 Å². The lowest BCUT2D eigenvalue weighted by molar-refractivity contribution is -0.124. The first-order chi connectivity index (χ1) is 18.8. The quantitative estimate of drug-likeness (QED) is 0.302. The number of halogens is 2. The summed E-state index contributed by atoms with van der Waals surface area (Å²) < 4.78 is 15.4. The van der Waals surface area contributed by atoms with Crippen LogP contribution >= 0.6 is 11.6 Å². The van der Waals surface area contributed by atoms with E-state index in [1.807, 2.05) is 53.1 Å². The minimum absolute atomic E-state index is 0.117. The molecule has 3 heterocycles. The second-order valence-electron chi connectivity index (χ2n) is 9.37. The van der Waals surface area contributed by atoms with Crippen molar-refractivity contribution < 1.29 is 14.0 Å². The van der Waals surface area contributed by atoms with Crippen LogP contribution in [-0.4, -0.2) is 47.1 Å². The van der Waals surface area contributed by atoms with Crippen LogP contribution in [0.25, 0.3) is 28.1 Å². The number of fused-ring (bicyclic) bond motifs is 1. The number of nitrogens with one attached hydrogen (secondary N) is 2. The van der Waals surface area contributed by atoms with Crippen molar-refractivity contribution in [3.05, 3.63) is 89.0 Å². The first kappa shape index (κ1) is 24.7. The molecule has 196 valence electrons. The van der Waals surface area contributed by atoms with Gasteiger partial charge in [-0.2, -0.15) is 9.19 Å². The van der Waals surface area contributed by atoms with Crippen LogP contribution < -0.4 is 10.6 Å². The number of amides is 2. The van der Waals surface area contributed by atoms with Crippen LogP contribution in [0.1, 0.15) is 28.8 Å². The number of carbonyl (C=O) groups excluding carboxylic acids is 2. The lowest BCUT2D eigenvalue weighted by Crippen LogP contribution is -2.48. The predicted molar refractivity (Wildman–Crippen MR) is 142 cm³/mol. The zero-order chi connectivity index (χ0) is 27.1. The maximum absolute atomic E-state index is 13.4. The van der Waals surface area contributed by atoms with Gasteiger partial charge in [-0.05, 0) is 47.9 Å². The molecule has 0 aliphatic heterocycles. The van der Waals surface area contributed by atoms with Crippen LogP contribution in [0.2, 0.25) is 5.02 Å². The lowest BCUT2D eigenvalue weighted by atomic mass is 10.1. The maximum Gasteiger partial charge on any atom is 0.252 e. The molecule has 0 radical (unpaired) electrons. The summed E-state index contributed by atoms with van der Waals surface area (Å²) in [6.07, 6.45) is 2.24. The van der Waals surface area contributed by atoms with Gasteiger partial charge < -0.3 is 15.2 Å². The van der Waals surface area contributed by atoms with E-state index in [1.54, 1.807) is 7.05 Å². The summed E-state index contributed by atoms with van der Waals surface area (Å²) in [5, 5.41) is 19.5. The molecule has 0 saturated heterocycles. The van der Waals surface area contributed by atoms with Gasteiger partial charge in [0.25, 0.3) is 5.91 Å². The van der Waals surface area contributed by atoms with Gasteiger partial charge in [-0.15, -0.1) is 10.2 Å². The van der Waals surface area contributed by atoms with E-state index in [0.717, 1.165) is 28.2 Å². The van der Waals surface area contributed by atoms with Gasteiger partial charge in [-0.3, -0.25) is 9.59 Å². The molecule has 0 bridgehead atoms. The van der Waals surface area contributed by atoms with Crippen LogP contribution in [-0.2, 0) is 18.4 Å². The highest BCUT2D eigenvalue weighted by molar-refractivity contribution is 6.38. The van der Waals surface area contributed by atoms with Crippen LogP contribution in [0, 0.1) is 5.95 Å². The van der Waals surface area contributed by atoms with Gasteiger partial charge in [-0.25, -0.2) is 4.98 Å². The number of carbonyl (C=O) groups is 2. The highest BCUT2D eigenvalue weighted by Gasteiger charge is 2.51. The van der Waals surface area contributed by atoms with Gasteiger partial charge in [0.2, 0.25) is 17.7 Å². The third kappa shape index (κ3) is 4.61. The second kappa shape index (κ2) is 9.59. The molecule has 0 unspecified atom stereocenters. The smallest absolute Gasteiger partial charge is 0.252 e. The van der Waals surface area contributed by atoms with Crippen LogP contribution in [0.5, 0.6) is 0 Å². The molecule has 2 N–H and O–H groups in total.